The number of carbonyl (C=O) groups is 1. The van der Waals surface area contributed by atoms with Crippen LogP contribution in [-0.2, 0) is 15.1 Å². The van der Waals surface area contributed by atoms with Gasteiger partial charge in [-0.25, -0.2) is 4.79 Å². The van der Waals surface area contributed by atoms with Crippen LogP contribution in [0.5, 0.6) is 0 Å². The fourth-order valence-corrected chi connectivity index (χ4v) is 2.20. The number of nitrogens with zero attached hydrogens (tertiary/aromatic N) is 1. The molecule has 0 saturated heterocycles. The zero-order valence-electron chi connectivity index (χ0n) is 12.1. The predicted octanol–water partition coefficient (Wildman–Crippen LogP) is 0.810. The SMILES string of the molecule is CNC(=O)OC1CCCCC1CN(C)C.O=S(=O)(O)O. The summed E-state index contributed by atoms with van der Waals surface area (Å²) >= 11 is 0. The molecule has 0 radical (unpaired) electrons. The second kappa shape index (κ2) is 9.11. The zero-order chi connectivity index (χ0) is 15.8. The van der Waals surface area contributed by atoms with Crippen LogP contribution in [0.4, 0.5) is 4.79 Å². The van der Waals surface area contributed by atoms with Crippen molar-refractivity contribution in [3.05, 3.63) is 0 Å². The van der Waals surface area contributed by atoms with Gasteiger partial charge in [0.1, 0.15) is 6.10 Å². The fourth-order valence-electron chi connectivity index (χ4n) is 2.20. The summed E-state index contributed by atoms with van der Waals surface area (Å²) in [5.41, 5.74) is 0. The van der Waals surface area contributed by atoms with Crippen LogP contribution >= 0.6 is 0 Å². The molecule has 1 aliphatic carbocycles. The molecule has 20 heavy (non-hydrogen) atoms. The first kappa shape index (κ1) is 19.1. The number of alkyl carbamates (subject to hydrolysis) is 1. The van der Waals surface area contributed by atoms with Gasteiger partial charge in [0.2, 0.25) is 0 Å². The highest BCUT2D eigenvalue weighted by Crippen LogP contribution is 2.27. The van der Waals surface area contributed by atoms with E-state index < -0.39 is 10.4 Å². The minimum Gasteiger partial charge on any atom is -0.446 e. The summed E-state index contributed by atoms with van der Waals surface area (Å²) in [7, 11) is 1.06. The van der Waals surface area contributed by atoms with Crippen LogP contribution in [0.15, 0.2) is 0 Å². The molecular weight excluding hydrogens is 288 g/mol. The van der Waals surface area contributed by atoms with Gasteiger partial charge in [-0.2, -0.15) is 8.42 Å². The largest absolute Gasteiger partial charge is 0.446 e. The second-order valence-corrected chi connectivity index (χ2v) is 5.84. The lowest BCUT2D eigenvalue weighted by atomic mass is 9.86. The van der Waals surface area contributed by atoms with Gasteiger partial charge < -0.3 is 15.0 Å². The lowest BCUT2D eigenvalue weighted by molar-refractivity contribution is 0.0292. The molecule has 0 bridgehead atoms. The van der Waals surface area contributed by atoms with Gasteiger partial charge in [-0.1, -0.05) is 6.42 Å². The summed E-state index contributed by atoms with van der Waals surface area (Å²) in [5, 5.41) is 2.51. The molecule has 2 atom stereocenters. The van der Waals surface area contributed by atoms with E-state index in [0.29, 0.717) is 5.92 Å². The molecule has 9 heteroatoms. The van der Waals surface area contributed by atoms with Gasteiger partial charge >= 0.3 is 16.5 Å². The normalized spacial score (nSPS) is 22.7. The van der Waals surface area contributed by atoms with Crippen molar-refractivity contribution in [1.29, 1.82) is 0 Å². The smallest absolute Gasteiger partial charge is 0.407 e. The van der Waals surface area contributed by atoms with Crippen molar-refractivity contribution < 1.29 is 27.1 Å². The number of hydrogen-bond acceptors (Lipinski definition) is 5. The average molecular weight is 312 g/mol. The van der Waals surface area contributed by atoms with Crippen molar-refractivity contribution in [2.24, 2.45) is 5.92 Å². The molecule has 0 spiro atoms. The van der Waals surface area contributed by atoms with E-state index in [0.717, 1.165) is 13.0 Å². The van der Waals surface area contributed by atoms with Crippen molar-refractivity contribution in [2.75, 3.05) is 27.7 Å². The molecule has 1 saturated carbocycles. The Morgan fingerprint density at radius 3 is 2.25 bits per heavy atom. The standard InChI is InChI=1S/C11H22N2O2.H2O4S/c1-12-11(14)15-10-7-5-4-6-9(10)8-13(2)3;1-5(2,3)4/h9-10H,4-8H2,1-3H3,(H,12,14);(H2,1,2,3,4). The van der Waals surface area contributed by atoms with Gasteiger partial charge in [-0.3, -0.25) is 9.11 Å². The maximum atomic E-state index is 11.2. The van der Waals surface area contributed by atoms with E-state index in [2.05, 4.69) is 24.3 Å². The number of hydrogen-bond donors (Lipinski definition) is 3. The Balaban J connectivity index is 0.000000621. The van der Waals surface area contributed by atoms with Crippen LogP contribution < -0.4 is 5.32 Å². The first-order valence-electron chi connectivity index (χ1n) is 6.36. The molecule has 0 aromatic rings. The Morgan fingerprint density at radius 2 is 1.80 bits per heavy atom. The Morgan fingerprint density at radius 1 is 1.30 bits per heavy atom. The first-order valence-corrected chi connectivity index (χ1v) is 7.76. The third-order valence-corrected chi connectivity index (χ3v) is 2.90. The molecule has 0 aromatic carbocycles. The Kier molecular flexibility index (Phi) is 8.70. The molecule has 1 rings (SSSR count). The van der Waals surface area contributed by atoms with E-state index in [-0.39, 0.29) is 12.2 Å². The highest BCUT2D eigenvalue weighted by molar-refractivity contribution is 7.79. The molecule has 1 aliphatic rings. The van der Waals surface area contributed by atoms with Crippen molar-refractivity contribution in [3.63, 3.8) is 0 Å². The third kappa shape index (κ3) is 11.0. The monoisotopic (exact) mass is 312 g/mol. The second-order valence-electron chi connectivity index (χ2n) is 4.95. The van der Waals surface area contributed by atoms with Crippen molar-refractivity contribution in [3.8, 4) is 0 Å². The van der Waals surface area contributed by atoms with E-state index in [1.54, 1.807) is 7.05 Å². The minimum absolute atomic E-state index is 0.0982. The molecule has 3 N–H and O–H groups in total. The summed E-state index contributed by atoms with van der Waals surface area (Å²) in [6.07, 6.45) is 4.40. The van der Waals surface area contributed by atoms with Crippen molar-refractivity contribution in [2.45, 2.75) is 31.8 Å². The Hall–Kier alpha value is -0.900. The minimum atomic E-state index is -4.67. The van der Waals surface area contributed by atoms with Crippen molar-refractivity contribution >= 4 is 16.5 Å². The van der Waals surface area contributed by atoms with Gasteiger partial charge in [0.25, 0.3) is 0 Å². The molecule has 8 nitrogen and oxygen atoms in total. The molecule has 0 aliphatic heterocycles. The van der Waals surface area contributed by atoms with Gasteiger partial charge in [-0.05, 0) is 33.4 Å². The average Bonchev–Trinajstić information content (AvgIpc) is 2.28. The van der Waals surface area contributed by atoms with Crippen LogP contribution in [0.2, 0.25) is 0 Å². The van der Waals surface area contributed by atoms with E-state index in [4.69, 9.17) is 22.3 Å². The first-order chi connectivity index (χ1) is 9.13. The van der Waals surface area contributed by atoms with Gasteiger partial charge in [0.05, 0.1) is 0 Å². The number of carbonyl (C=O) groups excluding carboxylic acids is 1. The highest BCUT2D eigenvalue weighted by Gasteiger charge is 2.28. The summed E-state index contributed by atoms with van der Waals surface area (Å²) in [5.74, 6) is 0.492. The summed E-state index contributed by atoms with van der Waals surface area (Å²) < 4.78 is 37.0. The molecule has 0 heterocycles. The quantitative estimate of drug-likeness (QED) is 0.660. The fraction of sp³-hybridized carbons (Fsp3) is 0.909. The molecule has 0 aromatic heterocycles. The number of nitrogens with one attached hydrogen (secondary N) is 1. The lowest BCUT2D eigenvalue weighted by Crippen LogP contribution is -2.38. The van der Waals surface area contributed by atoms with Crippen LogP contribution in [0.3, 0.4) is 0 Å². The Labute approximate surface area is 120 Å². The molecule has 1 fully saturated rings. The zero-order valence-corrected chi connectivity index (χ0v) is 12.9. The van der Waals surface area contributed by atoms with Crippen LogP contribution in [0.1, 0.15) is 25.7 Å². The molecule has 1 amide bonds. The Bertz CT molecular complexity index is 376. The van der Waals surface area contributed by atoms with Gasteiger partial charge in [-0.15, -0.1) is 0 Å². The van der Waals surface area contributed by atoms with Crippen LogP contribution in [0.25, 0.3) is 0 Å². The van der Waals surface area contributed by atoms with E-state index in [1.165, 1.54) is 19.3 Å². The number of ether oxygens (including phenoxy) is 1. The van der Waals surface area contributed by atoms with E-state index in [9.17, 15) is 4.79 Å². The number of amides is 1. The molecular formula is C11H24N2O6S. The van der Waals surface area contributed by atoms with Gasteiger partial charge in [0, 0.05) is 19.5 Å². The maximum absolute atomic E-state index is 11.2. The topological polar surface area (TPSA) is 116 Å². The van der Waals surface area contributed by atoms with Crippen LogP contribution in [0, 0.1) is 5.92 Å². The summed E-state index contributed by atoms with van der Waals surface area (Å²) in [6.45, 7) is 1.00. The van der Waals surface area contributed by atoms with Crippen molar-refractivity contribution in [1.82, 2.24) is 10.2 Å². The van der Waals surface area contributed by atoms with Gasteiger partial charge in [0.15, 0.2) is 0 Å². The predicted molar refractivity (Wildman–Crippen MR) is 74.0 cm³/mol. The third-order valence-electron chi connectivity index (χ3n) is 2.90. The van der Waals surface area contributed by atoms with Crippen LogP contribution in [-0.4, -0.2) is 62.3 Å². The molecule has 120 valence electrons. The highest BCUT2D eigenvalue weighted by atomic mass is 32.3. The lowest BCUT2D eigenvalue weighted by Gasteiger charge is -2.32. The number of rotatable bonds is 3. The molecule has 2 unspecified atom stereocenters. The maximum Gasteiger partial charge on any atom is 0.407 e. The summed E-state index contributed by atoms with van der Waals surface area (Å²) in [4.78, 5) is 13.3. The summed E-state index contributed by atoms with van der Waals surface area (Å²) in [6, 6.07) is 0. The van der Waals surface area contributed by atoms with E-state index >= 15 is 0 Å². The van der Waals surface area contributed by atoms with E-state index in [1.807, 2.05) is 0 Å².